The number of aryl methyl sites for hydroxylation is 2. The van der Waals surface area contributed by atoms with Crippen LogP contribution < -0.4 is 11.1 Å². The van der Waals surface area contributed by atoms with Crippen LogP contribution in [0.4, 0.5) is 0 Å². The van der Waals surface area contributed by atoms with Gasteiger partial charge in [-0.05, 0) is 49.9 Å². The number of hydrogen-bond acceptors (Lipinski definition) is 2. The molecule has 0 amide bonds. The summed E-state index contributed by atoms with van der Waals surface area (Å²) in [6.07, 6.45) is 2.16. The van der Waals surface area contributed by atoms with Crippen LogP contribution in [0.3, 0.4) is 0 Å². The fourth-order valence-corrected chi connectivity index (χ4v) is 2.18. The van der Waals surface area contributed by atoms with Gasteiger partial charge in [0.1, 0.15) is 0 Å². The molecule has 1 fully saturated rings. The van der Waals surface area contributed by atoms with Crippen LogP contribution in [0.25, 0.3) is 0 Å². The average Bonchev–Trinajstić information content (AvgIpc) is 2.22. The number of piperidine rings is 1. The van der Waals surface area contributed by atoms with Crippen molar-refractivity contribution in [2.24, 2.45) is 5.73 Å². The maximum Gasteiger partial charge on any atom is 0.0335 e. The first-order chi connectivity index (χ1) is 7.16. The lowest BCUT2D eigenvalue weighted by molar-refractivity contribution is 0.369. The third-order valence-electron chi connectivity index (χ3n) is 3.38. The first-order valence-corrected chi connectivity index (χ1v) is 5.73. The summed E-state index contributed by atoms with van der Waals surface area (Å²) < 4.78 is 0. The fraction of sp³-hybridized carbons (Fsp3) is 0.538. The van der Waals surface area contributed by atoms with Gasteiger partial charge in [-0.3, -0.25) is 0 Å². The number of hydrogen-bond donors (Lipinski definition) is 2. The molecule has 15 heavy (non-hydrogen) atoms. The average molecular weight is 204 g/mol. The molecule has 2 nitrogen and oxygen atoms in total. The number of nitrogens with one attached hydrogen (secondary N) is 1. The second-order valence-electron chi connectivity index (χ2n) is 4.63. The van der Waals surface area contributed by atoms with Gasteiger partial charge in [-0.15, -0.1) is 0 Å². The van der Waals surface area contributed by atoms with Crippen molar-refractivity contribution in [2.45, 2.75) is 38.8 Å². The Bertz CT molecular complexity index is 346. The second-order valence-corrected chi connectivity index (χ2v) is 4.63. The lowest BCUT2D eigenvalue weighted by Gasteiger charge is -2.28. The third-order valence-corrected chi connectivity index (χ3v) is 3.38. The van der Waals surface area contributed by atoms with Gasteiger partial charge in [-0.25, -0.2) is 0 Å². The van der Waals surface area contributed by atoms with E-state index in [2.05, 4.69) is 37.4 Å². The SMILES string of the molecule is Cc1ccc([C@@H]2C[C@@H](N)CCN2)cc1C. The summed E-state index contributed by atoms with van der Waals surface area (Å²) in [5, 5.41) is 3.53. The standard InChI is InChI=1S/C13H20N2/c1-9-3-4-11(7-10(9)2)13-8-12(14)5-6-15-13/h3-4,7,12-13,15H,5-6,8,14H2,1-2H3/t12-,13-/m0/s1. The Morgan fingerprint density at radius 3 is 2.73 bits per heavy atom. The molecule has 0 spiro atoms. The molecule has 0 unspecified atom stereocenters. The molecule has 1 heterocycles. The molecule has 0 bridgehead atoms. The highest BCUT2D eigenvalue weighted by Crippen LogP contribution is 2.24. The van der Waals surface area contributed by atoms with Gasteiger partial charge in [0.15, 0.2) is 0 Å². The molecule has 3 N–H and O–H groups in total. The molecule has 2 atom stereocenters. The monoisotopic (exact) mass is 204 g/mol. The largest absolute Gasteiger partial charge is 0.328 e. The first-order valence-electron chi connectivity index (χ1n) is 5.73. The van der Waals surface area contributed by atoms with Crippen molar-refractivity contribution in [2.75, 3.05) is 6.54 Å². The molecule has 1 aliphatic heterocycles. The van der Waals surface area contributed by atoms with E-state index >= 15 is 0 Å². The molecular formula is C13H20N2. The summed E-state index contributed by atoms with van der Waals surface area (Å²) in [5.74, 6) is 0. The Morgan fingerprint density at radius 1 is 1.27 bits per heavy atom. The zero-order valence-electron chi connectivity index (χ0n) is 9.59. The predicted octanol–water partition coefficient (Wildman–Crippen LogP) is 2.06. The molecule has 0 radical (unpaired) electrons. The van der Waals surface area contributed by atoms with E-state index in [9.17, 15) is 0 Å². The van der Waals surface area contributed by atoms with Crippen LogP contribution >= 0.6 is 0 Å². The summed E-state index contributed by atoms with van der Waals surface area (Å²) in [6, 6.07) is 7.51. The van der Waals surface area contributed by atoms with E-state index in [4.69, 9.17) is 5.73 Å². The van der Waals surface area contributed by atoms with Crippen LogP contribution in [0.5, 0.6) is 0 Å². The molecule has 1 aromatic rings. The molecule has 2 heteroatoms. The lowest BCUT2D eigenvalue weighted by atomic mass is 9.92. The molecule has 0 saturated carbocycles. The molecule has 82 valence electrons. The van der Waals surface area contributed by atoms with Gasteiger partial charge in [0, 0.05) is 12.1 Å². The Morgan fingerprint density at radius 2 is 2.07 bits per heavy atom. The summed E-state index contributed by atoms with van der Waals surface area (Å²) in [4.78, 5) is 0. The van der Waals surface area contributed by atoms with Crippen LogP contribution in [0, 0.1) is 13.8 Å². The van der Waals surface area contributed by atoms with Crippen LogP contribution in [0.2, 0.25) is 0 Å². The first kappa shape index (κ1) is 10.7. The topological polar surface area (TPSA) is 38.0 Å². The van der Waals surface area contributed by atoms with E-state index in [1.165, 1.54) is 16.7 Å². The van der Waals surface area contributed by atoms with E-state index in [-0.39, 0.29) is 0 Å². The smallest absolute Gasteiger partial charge is 0.0335 e. The van der Waals surface area contributed by atoms with Crippen LogP contribution in [-0.4, -0.2) is 12.6 Å². The minimum absolute atomic E-state index is 0.359. The number of nitrogens with two attached hydrogens (primary N) is 1. The summed E-state index contributed by atoms with van der Waals surface area (Å²) >= 11 is 0. The fourth-order valence-electron chi connectivity index (χ4n) is 2.18. The van der Waals surface area contributed by atoms with Crippen molar-refractivity contribution < 1.29 is 0 Å². The molecule has 1 aliphatic rings. The Labute approximate surface area is 91.9 Å². The number of rotatable bonds is 1. The van der Waals surface area contributed by atoms with Crippen LogP contribution in [-0.2, 0) is 0 Å². The normalized spacial score (nSPS) is 26.6. The molecule has 0 aromatic heterocycles. The lowest BCUT2D eigenvalue weighted by Crippen LogP contribution is -2.38. The van der Waals surface area contributed by atoms with E-state index < -0.39 is 0 Å². The molecule has 2 rings (SSSR count). The van der Waals surface area contributed by atoms with Gasteiger partial charge in [0.2, 0.25) is 0 Å². The predicted molar refractivity (Wildman–Crippen MR) is 63.9 cm³/mol. The minimum atomic E-state index is 0.359. The highest BCUT2D eigenvalue weighted by Gasteiger charge is 2.19. The maximum atomic E-state index is 5.99. The highest BCUT2D eigenvalue weighted by atomic mass is 14.9. The molecule has 0 aliphatic carbocycles. The maximum absolute atomic E-state index is 5.99. The van der Waals surface area contributed by atoms with Crippen molar-refractivity contribution in [3.63, 3.8) is 0 Å². The summed E-state index contributed by atoms with van der Waals surface area (Å²) in [7, 11) is 0. The molecule has 1 saturated heterocycles. The Balaban J connectivity index is 2.18. The Hall–Kier alpha value is -0.860. The van der Waals surface area contributed by atoms with E-state index in [0.29, 0.717) is 12.1 Å². The minimum Gasteiger partial charge on any atom is -0.328 e. The van der Waals surface area contributed by atoms with Crippen LogP contribution in [0.1, 0.15) is 35.6 Å². The summed E-state index contributed by atoms with van der Waals surface area (Å²) in [5.41, 5.74) is 10.1. The zero-order chi connectivity index (χ0) is 10.8. The van der Waals surface area contributed by atoms with E-state index in [0.717, 1.165) is 19.4 Å². The van der Waals surface area contributed by atoms with Crippen LogP contribution in [0.15, 0.2) is 18.2 Å². The molecular weight excluding hydrogens is 184 g/mol. The highest BCUT2D eigenvalue weighted by molar-refractivity contribution is 5.32. The van der Waals surface area contributed by atoms with Crippen molar-refractivity contribution in [3.05, 3.63) is 34.9 Å². The van der Waals surface area contributed by atoms with Gasteiger partial charge in [0.05, 0.1) is 0 Å². The van der Waals surface area contributed by atoms with E-state index in [1.54, 1.807) is 0 Å². The third kappa shape index (κ3) is 2.39. The quantitative estimate of drug-likeness (QED) is 0.735. The van der Waals surface area contributed by atoms with Crippen molar-refractivity contribution >= 4 is 0 Å². The molecule has 1 aromatic carbocycles. The second kappa shape index (κ2) is 4.33. The van der Waals surface area contributed by atoms with Gasteiger partial charge in [-0.1, -0.05) is 18.2 Å². The van der Waals surface area contributed by atoms with Gasteiger partial charge in [-0.2, -0.15) is 0 Å². The van der Waals surface area contributed by atoms with Crippen molar-refractivity contribution in [1.82, 2.24) is 5.32 Å². The van der Waals surface area contributed by atoms with Gasteiger partial charge < -0.3 is 11.1 Å². The Kier molecular flexibility index (Phi) is 3.08. The van der Waals surface area contributed by atoms with Crippen molar-refractivity contribution in [3.8, 4) is 0 Å². The number of benzene rings is 1. The summed E-state index contributed by atoms with van der Waals surface area (Å²) in [6.45, 7) is 5.36. The zero-order valence-corrected chi connectivity index (χ0v) is 9.59. The van der Waals surface area contributed by atoms with E-state index in [1.807, 2.05) is 0 Å². The van der Waals surface area contributed by atoms with Gasteiger partial charge in [0.25, 0.3) is 0 Å². The van der Waals surface area contributed by atoms with Gasteiger partial charge >= 0.3 is 0 Å². The van der Waals surface area contributed by atoms with Crippen molar-refractivity contribution in [1.29, 1.82) is 0 Å².